The molecule has 0 radical (unpaired) electrons. The highest BCUT2D eigenvalue weighted by Crippen LogP contribution is 2.08. The zero-order chi connectivity index (χ0) is 14.2. The van der Waals surface area contributed by atoms with Crippen LogP contribution in [0.4, 0.5) is 0 Å². The summed E-state index contributed by atoms with van der Waals surface area (Å²) in [5.41, 5.74) is 5.59. The molecule has 104 valence electrons. The van der Waals surface area contributed by atoms with Crippen molar-refractivity contribution in [3.05, 3.63) is 26.7 Å². The van der Waals surface area contributed by atoms with Crippen LogP contribution in [0.1, 0.15) is 19.7 Å². The summed E-state index contributed by atoms with van der Waals surface area (Å²) in [6.45, 7) is 4.98. The third-order valence-electron chi connectivity index (χ3n) is 2.95. The number of fused-ring (bicyclic) bond motifs is 1. The predicted octanol–water partition coefficient (Wildman–Crippen LogP) is -0.419. The quantitative estimate of drug-likeness (QED) is 0.784. The molecule has 2 aromatic heterocycles. The largest absolute Gasteiger partial charge is 0.336 e. The number of imidazole rings is 1. The fourth-order valence-corrected chi connectivity index (χ4v) is 2.07. The standard InChI is InChI=1S/C12H19N5O2/c1-7(2)6-17-10-9(11(18)16(3)12(17)19)14-8(15-10)4-5-13/h7H,4-6,13H2,1-3H3,(H,14,15). The molecule has 0 aromatic carbocycles. The first-order valence-electron chi connectivity index (χ1n) is 6.34. The van der Waals surface area contributed by atoms with E-state index in [-0.39, 0.29) is 17.2 Å². The Morgan fingerprint density at radius 3 is 2.63 bits per heavy atom. The van der Waals surface area contributed by atoms with Gasteiger partial charge in [-0.25, -0.2) is 9.78 Å². The molecule has 0 bridgehead atoms. The van der Waals surface area contributed by atoms with Gasteiger partial charge in [0.2, 0.25) is 0 Å². The number of nitrogens with zero attached hydrogens (tertiary/aromatic N) is 3. The van der Waals surface area contributed by atoms with Crippen LogP contribution in [0.25, 0.3) is 11.2 Å². The summed E-state index contributed by atoms with van der Waals surface area (Å²) in [7, 11) is 1.48. The Morgan fingerprint density at radius 1 is 1.37 bits per heavy atom. The van der Waals surface area contributed by atoms with E-state index in [2.05, 4.69) is 9.97 Å². The minimum atomic E-state index is -0.351. The highest BCUT2D eigenvalue weighted by atomic mass is 16.2. The maximum Gasteiger partial charge on any atom is 0.332 e. The third-order valence-corrected chi connectivity index (χ3v) is 2.95. The number of H-pyrrole nitrogens is 1. The molecule has 2 aromatic rings. The highest BCUT2D eigenvalue weighted by Gasteiger charge is 2.15. The molecule has 0 saturated carbocycles. The van der Waals surface area contributed by atoms with Crippen LogP contribution in [-0.4, -0.2) is 25.6 Å². The van der Waals surface area contributed by atoms with E-state index < -0.39 is 0 Å². The van der Waals surface area contributed by atoms with Crippen LogP contribution < -0.4 is 17.0 Å². The second kappa shape index (κ2) is 5.00. The number of rotatable bonds is 4. The minimum absolute atomic E-state index is 0.285. The van der Waals surface area contributed by atoms with Gasteiger partial charge in [-0.05, 0) is 12.5 Å². The molecule has 3 N–H and O–H groups in total. The van der Waals surface area contributed by atoms with Crippen molar-refractivity contribution in [3.63, 3.8) is 0 Å². The number of hydrogen-bond acceptors (Lipinski definition) is 4. The molecule has 0 saturated heterocycles. The molecule has 7 heteroatoms. The van der Waals surface area contributed by atoms with E-state index in [1.165, 1.54) is 11.6 Å². The van der Waals surface area contributed by atoms with Crippen LogP contribution in [0.15, 0.2) is 9.59 Å². The Morgan fingerprint density at radius 2 is 2.05 bits per heavy atom. The lowest BCUT2D eigenvalue weighted by molar-refractivity contribution is 0.500. The Labute approximate surface area is 110 Å². The molecular weight excluding hydrogens is 246 g/mol. The van der Waals surface area contributed by atoms with Gasteiger partial charge in [0.05, 0.1) is 0 Å². The highest BCUT2D eigenvalue weighted by molar-refractivity contribution is 5.69. The van der Waals surface area contributed by atoms with E-state index in [0.29, 0.717) is 36.5 Å². The van der Waals surface area contributed by atoms with Gasteiger partial charge in [0.15, 0.2) is 5.65 Å². The maximum absolute atomic E-state index is 12.2. The molecule has 19 heavy (non-hydrogen) atoms. The van der Waals surface area contributed by atoms with Crippen molar-refractivity contribution >= 4 is 11.2 Å². The first-order chi connectivity index (χ1) is 8.95. The molecule has 0 amide bonds. The fourth-order valence-electron chi connectivity index (χ4n) is 2.07. The van der Waals surface area contributed by atoms with E-state index in [4.69, 9.17) is 5.73 Å². The average Bonchev–Trinajstić information content (AvgIpc) is 2.76. The van der Waals surface area contributed by atoms with E-state index in [9.17, 15) is 9.59 Å². The number of nitrogens with one attached hydrogen (secondary N) is 1. The van der Waals surface area contributed by atoms with Crippen molar-refractivity contribution in [3.8, 4) is 0 Å². The number of hydrogen-bond donors (Lipinski definition) is 2. The zero-order valence-corrected chi connectivity index (χ0v) is 11.4. The smallest absolute Gasteiger partial charge is 0.332 e. The van der Waals surface area contributed by atoms with Gasteiger partial charge >= 0.3 is 5.69 Å². The average molecular weight is 265 g/mol. The van der Waals surface area contributed by atoms with E-state index >= 15 is 0 Å². The summed E-state index contributed by atoms with van der Waals surface area (Å²) >= 11 is 0. The van der Waals surface area contributed by atoms with Crippen LogP contribution in [0.2, 0.25) is 0 Å². The lowest BCUT2D eigenvalue weighted by Gasteiger charge is -2.10. The minimum Gasteiger partial charge on any atom is -0.336 e. The van der Waals surface area contributed by atoms with Crippen molar-refractivity contribution in [1.82, 2.24) is 19.1 Å². The van der Waals surface area contributed by atoms with Gasteiger partial charge in [-0.15, -0.1) is 0 Å². The second-order valence-electron chi connectivity index (χ2n) is 5.07. The summed E-state index contributed by atoms with van der Waals surface area (Å²) < 4.78 is 2.65. The Balaban J connectivity index is 2.77. The van der Waals surface area contributed by atoms with Gasteiger partial charge in [0.25, 0.3) is 5.56 Å². The van der Waals surface area contributed by atoms with Crippen molar-refractivity contribution in [1.29, 1.82) is 0 Å². The van der Waals surface area contributed by atoms with Gasteiger partial charge in [-0.3, -0.25) is 13.9 Å². The summed E-state index contributed by atoms with van der Waals surface area (Å²) in [5, 5.41) is 0. The van der Waals surface area contributed by atoms with Crippen molar-refractivity contribution in [2.45, 2.75) is 26.8 Å². The van der Waals surface area contributed by atoms with Gasteiger partial charge < -0.3 is 10.7 Å². The van der Waals surface area contributed by atoms with E-state index in [1.807, 2.05) is 13.8 Å². The van der Waals surface area contributed by atoms with Crippen LogP contribution >= 0.6 is 0 Å². The third kappa shape index (κ3) is 2.33. The first kappa shape index (κ1) is 13.5. The number of aromatic nitrogens is 4. The molecule has 0 aliphatic rings. The Hall–Kier alpha value is -1.89. The fraction of sp³-hybridized carbons (Fsp3) is 0.583. The van der Waals surface area contributed by atoms with Crippen LogP contribution in [0.3, 0.4) is 0 Å². The Kier molecular flexibility index (Phi) is 3.57. The van der Waals surface area contributed by atoms with E-state index in [1.54, 1.807) is 0 Å². The molecule has 0 aliphatic carbocycles. The van der Waals surface area contributed by atoms with Crippen LogP contribution in [-0.2, 0) is 20.0 Å². The van der Waals surface area contributed by atoms with Gasteiger partial charge in [-0.2, -0.15) is 0 Å². The lowest BCUT2D eigenvalue weighted by atomic mass is 10.2. The van der Waals surface area contributed by atoms with Gasteiger partial charge in [0.1, 0.15) is 11.3 Å². The summed E-state index contributed by atoms with van der Waals surface area (Å²) in [6, 6.07) is 0. The summed E-state index contributed by atoms with van der Waals surface area (Å²) in [6.07, 6.45) is 0.549. The van der Waals surface area contributed by atoms with E-state index in [0.717, 1.165) is 4.57 Å². The molecule has 0 unspecified atom stereocenters. The molecule has 2 heterocycles. The molecule has 7 nitrogen and oxygen atoms in total. The SMILES string of the molecule is CC(C)Cn1c(=O)n(C)c(=O)c2[nH]c(CCN)nc21. The number of aromatic amines is 1. The topological polar surface area (TPSA) is 98.7 Å². The van der Waals surface area contributed by atoms with Crippen LogP contribution in [0.5, 0.6) is 0 Å². The second-order valence-corrected chi connectivity index (χ2v) is 5.07. The van der Waals surface area contributed by atoms with Crippen LogP contribution in [0, 0.1) is 5.92 Å². The summed E-state index contributed by atoms with van der Waals surface area (Å²) in [4.78, 5) is 31.5. The number of nitrogens with two attached hydrogens (primary N) is 1. The van der Waals surface area contributed by atoms with Crippen molar-refractivity contribution in [2.24, 2.45) is 18.7 Å². The molecule has 0 fully saturated rings. The molecule has 2 rings (SSSR count). The predicted molar refractivity (Wildman–Crippen MR) is 73.2 cm³/mol. The van der Waals surface area contributed by atoms with Gasteiger partial charge in [0, 0.05) is 20.0 Å². The molecular formula is C12H19N5O2. The normalized spacial score (nSPS) is 11.6. The maximum atomic E-state index is 12.2. The van der Waals surface area contributed by atoms with Crippen molar-refractivity contribution in [2.75, 3.05) is 6.54 Å². The zero-order valence-electron chi connectivity index (χ0n) is 11.4. The Bertz CT molecular complexity index is 707. The monoisotopic (exact) mass is 265 g/mol. The van der Waals surface area contributed by atoms with Crippen molar-refractivity contribution < 1.29 is 0 Å². The first-order valence-corrected chi connectivity index (χ1v) is 6.34. The molecule has 0 atom stereocenters. The summed E-state index contributed by atoms with van der Waals surface area (Å²) in [5.74, 6) is 0.922. The molecule has 0 aliphatic heterocycles. The lowest BCUT2D eigenvalue weighted by Crippen LogP contribution is -2.38. The van der Waals surface area contributed by atoms with Gasteiger partial charge in [-0.1, -0.05) is 13.8 Å². The molecule has 0 spiro atoms.